The quantitative estimate of drug-likeness (QED) is 0.788. The lowest BCUT2D eigenvalue weighted by Gasteiger charge is -2.31. The van der Waals surface area contributed by atoms with E-state index in [4.69, 9.17) is 4.74 Å². The highest BCUT2D eigenvalue weighted by Crippen LogP contribution is 2.31. The van der Waals surface area contributed by atoms with E-state index in [-0.39, 0.29) is 24.5 Å². The van der Waals surface area contributed by atoms with Crippen LogP contribution in [0.4, 0.5) is 10.5 Å². The number of carbonyl (C=O) groups excluding carboxylic acids is 2. The molecule has 1 unspecified atom stereocenters. The zero-order valence-electron chi connectivity index (χ0n) is 16.1. The lowest BCUT2D eigenvalue weighted by Crippen LogP contribution is -2.40. The number of benzene rings is 1. The van der Waals surface area contributed by atoms with E-state index in [1.807, 2.05) is 37.3 Å². The normalized spacial score (nSPS) is 20.0. The number of alkyl carbamates (subject to hydrolysis) is 1. The van der Waals surface area contributed by atoms with Crippen molar-refractivity contribution < 1.29 is 14.3 Å². The Hall–Kier alpha value is -2.89. The van der Waals surface area contributed by atoms with Crippen molar-refractivity contribution in [3.63, 3.8) is 0 Å². The van der Waals surface area contributed by atoms with Crippen molar-refractivity contribution in [3.05, 3.63) is 60.4 Å². The van der Waals surface area contributed by atoms with Crippen molar-refractivity contribution in [2.24, 2.45) is 11.8 Å². The fourth-order valence-electron chi connectivity index (χ4n) is 3.63. The number of nitrogens with zero attached hydrogens (tertiary/aromatic N) is 1. The SMILES string of the molecule is CC(NC(=O)OCc1ccccc1)[C@H]1CC[C@H](C(=O)Nc2ccncc2)CC1. The maximum atomic E-state index is 12.4. The van der Waals surface area contributed by atoms with Crippen LogP contribution >= 0.6 is 0 Å². The smallest absolute Gasteiger partial charge is 0.407 e. The number of nitrogens with one attached hydrogen (secondary N) is 2. The van der Waals surface area contributed by atoms with Gasteiger partial charge in [0.15, 0.2) is 0 Å². The van der Waals surface area contributed by atoms with Crippen molar-refractivity contribution in [1.82, 2.24) is 10.3 Å². The average molecular weight is 381 g/mol. The number of aromatic nitrogens is 1. The molecule has 0 radical (unpaired) electrons. The molecule has 0 spiro atoms. The number of hydrogen-bond acceptors (Lipinski definition) is 4. The largest absolute Gasteiger partial charge is 0.445 e. The first kappa shape index (κ1) is 19.9. The molecular formula is C22H27N3O3. The number of rotatable bonds is 6. The molecule has 1 aliphatic rings. The molecule has 1 fully saturated rings. The summed E-state index contributed by atoms with van der Waals surface area (Å²) in [6.45, 7) is 2.27. The van der Waals surface area contributed by atoms with Gasteiger partial charge >= 0.3 is 6.09 Å². The molecular weight excluding hydrogens is 354 g/mol. The van der Waals surface area contributed by atoms with Crippen LogP contribution in [-0.4, -0.2) is 23.0 Å². The van der Waals surface area contributed by atoms with Crippen molar-refractivity contribution in [3.8, 4) is 0 Å². The maximum absolute atomic E-state index is 12.4. The van der Waals surface area contributed by atoms with Crippen LogP contribution in [0.3, 0.4) is 0 Å². The highest BCUT2D eigenvalue weighted by atomic mass is 16.5. The Labute approximate surface area is 165 Å². The number of amides is 2. The number of ether oxygens (including phenoxy) is 1. The summed E-state index contributed by atoms with van der Waals surface area (Å²) in [5.41, 5.74) is 1.74. The van der Waals surface area contributed by atoms with Gasteiger partial charge in [-0.2, -0.15) is 0 Å². The molecule has 148 valence electrons. The van der Waals surface area contributed by atoms with E-state index in [1.165, 1.54) is 0 Å². The molecule has 2 aromatic rings. The zero-order chi connectivity index (χ0) is 19.8. The summed E-state index contributed by atoms with van der Waals surface area (Å²) < 4.78 is 5.30. The van der Waals surface area contributed by atoms with Crippen LogP contribution in [0, 0.1) is 11.8 Å². The summed E-state index contributed by atoms with van der Waals surface area (Å²) in [5, 5.41) is 5.89. The first-order valence-corrected chi connectivity index (χ1v) is 9.80. The first-order valence-electron chi connectivity index (χ1n) is 9.80. The van der Waals surface area contributed by atoms with Gasteiger partial charge in [-0.15, -0.1) is 0 Å². The summed E-state index contributed by atoms with van der Waals surface area (Å²) in [6.07, 6.45) is 6.41. The predicted molar refractivity (Wildman–Crippen MR) is 108 cm³/mol. The van der Waals surface area contributed by atoms with E-state index < -0.39 is 6.09 Å². The zero-order valence-corrected chi connectivity index (χ0v) is 16.1. The Morgan fingerprint density at radius 3 is 2.43 bits per heavy atom. The fourth-order valence-corrected chi connectivity index (χ4v) is 3.63. The molecule has 0 saturated heterocycles. The molecule has 1 aromatic carbocycles. The summed E-state index contributed by atoms with van der Waals surface area (Å²) in [5.74, 6) is 0.434. The second kappa shape index (κ2) is 9.88. The van der Waals surface area contributed by atoms with Crippen molar-refractivity contribution in [2.75, 3.05) is 5.32 Å². The third-order valence-corrected chi connectivity index (χ3v) is 5.36. The second-order valence-corrected chi connectivity index (χ2v) is 7.33. The van der Waals surface area contributed by atoms with Crippen LogP contribution in [0.5, 0.6) is 0 Å². The van der Waals surface area contributed by atoms with Crippen LogP contribution < -0.4 is 10.6 Å². The van der Waals surface area contributed by atoms with Crippen LogP contribution in [-0.2, 0) is 16.1 Å². The molecule has 0 bridgehead atoms. The van der Waals surface area contributed by atoms with Gasteiger partial charge in [0.25, 0.3) is 0 Å². The summed E-state index contributed by atoms with van der Waals surface area (Å²) in [4.78, 5) is 28.4. The molecule has 2 N–H and O–H groups in total. The first-order chi connectivity index (χ1) is 13.6. The van der Waals surface area contributed by atoms with E-state index in [1.54, 1.807) is 24.5 Å². The Morgan fingerprint density at radius 2 is 1.75 bits per heavy atom. The standard InChI is InChI=1S/C22H27N3O3/c1-16(24-22(27)28-15-17-5-3-2-4-6-17)18-7-9-19(10-8-18)21(26)25-20-11-13-23-14-12-20/h2-6,11-14,16,18-19H,7-10,15H2,1H3,(H,24,27)(H,23,25,26)/t16?,18-,19-. The Morgan fingerprint density at radius 1 is 1.07 bits per heavy atom. The molecule has 2 amide bonds. The van der Waals surface area contributed by atoms with Gasteiger partial charge in [0.05, 0.1) is 0 Å². The molecule has 1 aromatic heterocycles. The number of carbonyl (C=O) groups is 2. The molecule has 1 heterocycles. The Kier molecular flexibility index (Phi) is 7.00. The Bertz CT molecular complexity index is 759. The monoisotopic (exact) mass is 381 g/mol. The van der Waals surface area contributed by atoms with Crippen LogP contribution in [0.1, 0.15) is 38.2 Å². The molecule has 6 heteroatoms. The molecule has 1 saturated carbocycles. The van der Waals surface area contributed by atoms with Gasteiger partial charge in [0.1, 0.15) is 6.61 Å². The van der Waals surface area contributed by atoms with E-state index in [9.17, 15) is 9.59 Å². The van der Waals surface area contributed by atoms with Gasteiger partial charge in [0, 0.05) is 30.0 Å². The highest BCUT2D eigenvalue weighted by molar-refractivity contribution is 5.92. The maximum Gasteiger partial charge on any atom is 0.407 e. The van der Waals surface area contributed by atoms with Gasteiger partial charge in [-0.05, 0) is 56.2 Å². The fraction of sp³-hybridized carbons (Fsp3) is 0.409. The predicted octanol–water partition coefficient (Wildman–Crippen LogP) is 4.14. The second-order valence-electron chi connectivity index (χ2n) is 7.33. The third-order valence-electron chi connectivity index (χ3n) is 5.36. The third kappa shape index (κ3) is 5.81. The van der Waals surface area contributed by atoms with E-state index >= 15 is 0 Å². The molecule has 28 heavy (non-hydrogen) atoms. The highest BCUT2D eigenvalue weighted by Gasteiger charge is 2.29. The molecule has 0 aliphatic heterocycles. The number of hydrogen-bond donors (Lipinski definition) is 2. The van der Waals surface area contributed by atoms with Gasteiger partial charge in [-0.25, -0.2) is 4.79 Å². The molecule has 1 aliphatic carbocycles. The molecule has 3 rings (SSSR count). The van der Waals surface area contributed by atoms with Crippen LogP contribution in [0.25, 0.3) is 0 Å². The van der Waals surface area contributed by atoms with E-state index in [0.29, 0.717) is 5.92 Å². The van der Waals surface area contributed by atoms with Crippen LogP contribution in [0.15, 0.2) is 54.9 Å². The summed E-state index contributed by atoms with van der Waals surface area (Å²) in [6, 6.07) is 13.2. The molecule has 1 atom stereocenters. The lowest BCUT2D eigenvalue weighted by molar-refractivity contribution is -0.121. The van der Waals surface area contributed by atoms with Gasteiger partial charge in [0.2, 0.25) is 5.91 Å². The lowest BCUT2D eigenvalue weighted by atomic mass is 9.78. The van der Waals surface area contributed by atoms with Gasteiger partial charge in [-0.1, -0.05) is 30.3 Å². The Balaban J connectivity index is 1.39. The topological polar surface area (TPSA) is 80.3 Å². The van der Waals surface area contributed by atoms with Crippen molar-refractivity contribution in [2.45, 2.75) is 45.3 Å². The van der Waals surface area contributed by atoms with Crippen molar-refractivity contribution >= 4 is 17.7 Å². The summed E-state index contributed by atoms with van der Waals surface area (Å²) in [7, 11) is 0. The van der Waals surface area contributed by atoms with Gasteiger partial charge in [-0.3, -0.25) is 9.78 Å². The average Bonchev–Trinajstić information content (AvgIpc) is 2.74. The van der Waals surface area contributed by atoms with E-state index in [2.05, 4.69) is 15.6 Å². The van der Waals surface area contributed by atoms with Gasteiger partial charge < -0.3 is 15.4 Å². The minimum Gasteiger partial charge on any atom is -0.445 e. The molecule has 6 nitrogen and oxygen atoms in total. The summed E-state index contributed by atoms with van der Waals surface area (Å²) >= 11 is 0. The minimum atomic E-state index is -0.395. The number of anilines is 1. The van der Waals surface area contributed by atoms with E-state index in [0.717, 1.165) is 36.9 Å². The van der Waals surface area contributed by atoms with Crippen LogP contribution in [0.2, 0.25) is 0 Å². The minimum absolute atomic E-state index is 0.0154. The number of pyridine rings is 1. The van der Waals surface area contributed by atoms with Crippen molar-refractivity contribution in [1.29, 1.82) is 0 Å².